The van der Waals surface area contributed by atoms with Crippen molar-refractivity contribution < 1.29 is 13.6 Å². The third kappa shape index (κ3) is 1.47. The molecule has 0 amide bonds. The van der Waals surface area contributed by atoms with Crippen molar-refractivity contribution in [3.8, 4) is 0 Å². The highest BCUT2D eigenvalue weighted by atomic mass is 19.3. The van der Waals surface area contributed by atoms with Gasteiger partial charge in [0.1, 0.15) is 6.29 Å². The van der Waals surface area contributed by atoms with Crippen LogP contribution in [0.1, 0.15) is 19.3 Å². The zero-order valence-electron chi connectivity index (χ0n) is 4.94. The van der Waals surface area contributed by atoms with Crippen molar-refractivity contribution in [1.82, 2.24) is 0 Å². The second kappa shape index (κ2) is 2.05. The van der Waals surface area contributed by atoms with Gasteiger partial charge in [-0.15, -0.1) is 0 Å². The molecule has 0 N–H and O–H groups in total. The SMILES string of the molecule is O=CCC1CC(F)(F)C1. The smallest absolute Gasteiger partial charge is 0.248 e. The lowest BCUT2D eigenvalue weighted by molar-refractivity contribution is -0.123. The van der Waals surface area contributed by atoms with Crippen LogP contribution in [0.25, 0.3) is 0 Å². The van der Waals surface area contributed by atoms with Gasteiger partial charge in [0.15, 0.2) is 0 Å². The van der Waals surface area contributed by atoms with E-state index in [-0.39, 0.29) is 18.8 Å². The Labute approximate surface area is 52.1 Å². The summed E-state index contributed by atoms with van der Waals surface area (Å²) in [5.41, 5.74) is 0. The third-order valence-electron chi connectivity index (χ3n) is 1.60. The van der Waals surface area contributed by atoms with E-state index >= 15 is 0 Å². The first-order valence-corrected chi connectivity index (χ1v) is 2.95. The average Bonchev–Trinajstić information content (AvgIpc) is 1.62. The van der Waals surface area contributed by atoms with E-state index in [2.05, 4.69) is 0 Å². The minimum atomic E-state index is -2.46. The Morgan fingerprint density at radius 1 is 1.56 bits per heavy atom. The van der Waals surface area contributed by atoms with Crippen molar-refractivity contribution in [2.75, 3.05) is 0 Å². The summed E-state index contributed by atoms with van der Waals surface area (Å²) < 4.78 is 24.0. The standard InChI is InChI=1S/C6H8F2O/c7-6(8)3-5(4-6)1-2-9/h2,5H,1,3-4H2. The summed E-state index contributed by atoms with van der Waals surface area (Å²) in [4.78, 5) is 9.77. The lowest BCUT2D eigenvalue weighted by Crippen LogP contribution is -2.35. The molecule has 1 aliphatic rings. The topological polar surface area (TPSA) is 17.1 Å². The minimum Gasteiger partial charge on any atom is -0.303 e. The Balaban J connectivity index is 2.19. The van der Waals surface area contributed by atoms with Crippen LogP contribution in [0.4, 0.5) is 8.78 Å². The number of halogens is 2. The van der Waals surface area contributed by atoms with Crippen molar-refractivity contribution >= 4 is 6.29 Å². The van der Waals surface area contributed by atoms with Gasteiger partial charge in [-0.3, -0.25) is 0 Å². The van der Waals surface area contributed by atoms with Crippen molar-refractivity contribution in [1.29, 1.82) is 0 Å². The second-order valence-electron chi connectivity index (χ2n) is 2.53. The molecule has 0 heterocycles. The zero-order chi connectivity index (χ0) is 6.91. The molecule has 0 saturated heterocycles. The van der Waals surface area contributed by atoms with E-state index in [0.717, 1.165) is 0 Å². The quantitative estimate of drug-likeness (QED) is 0.524. The van der Waals surface area contributed by atoms with E-state index < -0.39 is 5.92 Å². The van der Waals surface area contributed by atoms with E-state index in [1.807, 2.05) is 0 Å². The monoisotopic (exact) mass is 134 g/mol. The molecule has 0 aromatic heterocycles. The van der Waals surface area contributed by atoms with Gasteiger partial charge in [0.2, 0.25) is 5.92 Å². The number of carbonyl (C=O) groups is 1. The first-order valence-electron chi connectivity index (χ1n) is 2.95. The Morgan fingerprint density at radius 2 is 2.11 bits per heavy atom. The van der Waals surface area contributed by atoms with Crippen LogP contribution in [0.3, 0.4) is 0 Å². The fourth-order valence-electron chi connectivity index (χ4n) is 1.09. The Hall–Kier alpha value is -0.470. The van der Waals surface area contributed by atoms with Gasteiger partial charge in [0.05, 0.1) is 0 Å². The van der Waals surface area contributed by atoms with Crippen molar-refractivity contribution in [2.45, 2.75) is 25.2 Å². The van der Waals surface area contributed by atoms with E-state index in [0.29, 0.717) is 12.7 Å². The molecule has 1 fully saturated rings. The van der Waals surface area contributed by atoms with E-state index in [1.54, 1.807) is 0 Å². The van der Waals surface area contributed by atoms with Crippen molar-refractivity contribution in [3.05, 3.63) is 0 Å². The van der Waals surface area contributed by atoms with Crippen LogP contribution in [-0.4, -0.2) is 12.2 Å². The summed E-state index contributed by atoms with van der Waals surface area (Å²) in [6.07, 6.45) is 0.826. The summed E-state index contributed by atoms with van der Waals surface area (Å²) in [6, 6.07) is 0. The predicted molar refractivity (Wildman–Crippen MR) is 28.4 cm³/mol. The molecule has 0 atom stereocenters. The molecule has 0 radical (unpaired) electrons. The van der Waals surface area contributed by atoms with Gasteiger partial charge < -0.3 is 4.79 Å². The van der Waals surface area contributed by atoms with Crippen molar-refractivity contribution in [3.63, 3.8) is 0 Å². The Kier molecular flexibility index (Phi) is 1.51. The molecular formula is C6H8F2O. The van der Waals surface area contributed by atoms with Crippen LogP contribution in [0, 0.1) is 5.92 Å². The second-order valence-corrected chi connectivity index (χ2v) is 2.53. The van der Waals surface area contributed by atoms with Gasteiger partial charge in [-0.1, -0.05) is 0 Å². The lowest BCUT2D eigenvalue weighted by Gasteiger charge is -2.33. The zero-order valence-corrected chi connectivity index (χ0v) is 4.94. The molecule has 1 saturated carbocycles. The number of hydrogen-bond donors (Lipinski definition) is 0. The molecule has 0 aliphatic heterocycles. The molecular weight excluding hydrogens is 126 g/mol. The fraction of sp³-hybridized carbons (Fsp3) is 0.833. The van der Waals surface area contributed by atoms with E-state index in [4.69, 9.17) is 0 Å². The maximum Gasteiger partial charge on any atom is 0.248 e. The van der Waals surface area contributed by atoms with Crippen LogP contribution in [-0.2, 0) is 4.79 Å². The molecule has 0 spiro atoms. The summed E-state index contributed by atoms with van der Waals surface area (Å²) in [7, 11) is 0. The highest BCUT2D eigenvalue weighted by Crippen LogP contribution is 2.43. The summed E-state index contributed by atoms with van der Waals surface area (Å²) in [5, 5.41) is 0. The number of hydrogen-bond acceptors (Lipinski definition) is 1. The molecule has 0 bridgehead atoms. The first kappa shape index (κ1) is 6.65. The normalized spacial score (nSPS) is 25.1. The van der Waals surface area contributed by atoms with Gasteiger partial charge in [-0.25, -0.2) is 8.78 Å². The first-order chi connectivity index (χ1) is 4.14. The lowest BCUT2D eigenvalue weighted by atomic mass is 9.80. The van der Waals surface area contributed by atoms with Gasteiger partial charge in [0.25, 0.3) is 0 Å². The Bertz CT molecular complexity index is 114. The van der Waals surface area contributed by atoms with Crippen LogP contribution in [0.2, 0.25) is 0 Å². The van der Waals surface area contributed by atoms with Gasteiger partial charge >= 0.3 is 0 Å². The molecule has 0 aromatic carbocycles. The summed E-state index contributed by atoms with van der Waals surface area (Å²) in [5.74, 6) is -2.51. The highest BCUT2D eigenvalue weighted by Gasteiger charge is 2.44. The number of carbonyl (C=O) groups excluding carboxylic acids is 1. The van der Waals surface area contributed by atoms with Crippen molar-refractivity contribution in [2.24, 2.45) is 5.92 Å². The number of alkyl halides is 2. The number of rotatable bonds is 2. The number of aldehydes is 1. The Morgan fingerprint density at radius 3 is 2.44 bits per heavy atom. The predicted octanol–water partition coefficient (Wildman–Crippen LogP) is 1.62. The van der Waals surface area contributed by atoms with Crippen LogP contribution in [0.5, 0.6) is 0 Å². The maximum atomic E-state index is 12.0. The average molecular weight is 134 g/mol. The van der Waals surface area contributed by atoms with Crippen LogP contribution < -0.4 is 0 Å². The highest BCUT2D eigenvalue weighted by molar-refractivity contribution is 5.50. The van der Waals surface area contributed by atoms with Gasteiger partial charge in [-0.2, -0.15) is 0 Å². The molecule has 1 rings (SSSR count). The molecule has 0 unspecified atom stereocenters. The largest absolute Gasteiger partial charge is 0.303 e. The molecule has 0 aromatic rings. The van der Waals surface area contributed by atoms with Crippen LogP contribution >= 0.6 is 0 Å². The van der Waals surface area contributed by atoms with E-state index in [1.165, 1.54) is 0 Å². The molecule has 3 heteroatoms. The molecule has 9 heavy (non-hydrogen) atoms. The van der Waals surface area contributed by atoms with Gasteiger partial charge in [-0.05, 0) is 5.92 Å². The van der Waals surface area contributed by atoms with Crippen LogP contribution in [0.15, 0.2) is 0 Å². The third-order valence-corrected chi connectivity index (χ3v) is 1.60. The molecule has 52 valence electrons. The minimum absolute atomic E-state index is 0.0440. The molecule has 1 aliphatic carbocycles. The van der Waals surface area contributed by atoms with Gasteiger partial charge in [0, 0.05) is 19.3 Å². The molecule has 1 nitrogen and oxygen atoms in total. The van der Waals surface area contributed by atoms with E-state index in [9.17, 15) is 13.6 Å². The summed E-state index contributed by atoms with van der Waals surface area (Å²) >= 11 is 0. The maximum absolute atomic E-state index is 12.0. The fourth-order valence-corrected chi connectivity index (χ4v) is 1.09. The summed E-state index contributed by atoms with van der Waals surface area (Å²) in [6.45, 7) is 0.